The quantitative estimate of drug-likeness (QED) is 0.525. The Morgan fingerprint density at radius 3 is 2.48 bits per heavy atom. The number of unbranched alkanes of at least 4 members (excludes halogenated alkanes) is 1. The van der Waals surface area contributed by atoms with Crippen LogP contribution in [0.25, 0.3) is 11.3 Å². The Bertz CT molecular complexity index is 895. The summed E-state index contributed by atoms with van der Waals surface area (Å²) in [5.41, 5.74) is 8.75. The van der Waals surface area contributed by atoms with E-state index in [1.165, 1.54) is 0 Å². The molecule has 1 heterocycles. The highest BCUT2D eigenvalue weighted by Gasteiger charge is 2.18. The number of nitrogens with two attached hydrogens (primary N) is 1. The predicted molar refractivity (Wildman–Crippen MR) is 118 cm³/mol. The average molecular weight is 415 g/mol. The van der Waals surface area contributed by atoms with Crippen molar-refractivity contribution in [2.24, 2.45) is 5.73 Å². The molecule has 0 radical (unpaired) electrons. The summed E-state index contributed by atoms with van der Waals surface area (Å²) < 4.78 is 7.04. The summed E-state index contributed by atoms with van der Waals surface area (Å²) in [5, 5.41) is 7.66. The van der Waals surface area contributed by atoms with Gasteiger partial charge in [-0.1, -0.05) is 30.3 Å². The number of carbonyl (C=O) groups excluding carboxylic acids is 1. The number of carbonyl (C=O) groups is 1. The van der Waals surface area contributed by atoms with Crippen molar-refractivity contribution in [3.05, 3.63) is 71.9 Å². The molecule has 0 aliphatic rings. The number of methoxy groups -OCH3 is 1. The molecule has 3 N–H and O–H groups in total. The zero-order valence-corrected chi connectivity index (χ0v) is 17.3. The number of ether oxygens (including phenoxy) is 1. The first-order valence-electron chi connectivity index (χ1n) is 9.45. The van der Waals surface area contributed by atoms with Crippen LogP contribution >= 0.6 is 12.4 Å². The molecule has 154 valence electrons. The highest BCUT2D eigenvalue weighted by atomic mass is 35.5. The van der Waals surface area contributed by atoms with Crippen LogP contribution in [0, 0.1) is 0 Å². The third kappa shape index (κ3) is 6.07. The van der Waals surface area contributed by atoms with E-state index in [0.717, 1.165) is 29.7 Å². The molecule has 0 bridgehead atoms. The van der Waals surface area contributed by atoms with Crippen LogP contribution < -0.4 is 15.8 Å². The molecule has 1 aromatic heterocycles. The van der Waals surface area contributed by atoms with Crippen molar-refractivity contribution >= 4 is 18.3 Å². The van der Waals surface area contributed by atoms with Crippen molar-refractivity contribution in [1.82, 2.24) is 15.1 Å². The van der Waals surface area contributed by atoms with Crippen LogP contribution in [0.2, 0.25) is 0 Å². The number of hydrogen-bond donors (Lipinski definition) is 2. The second kappa shape index (κ2) is 11.2. The Hall–Kier alpha value is -2.83. The van der Waals surface area contributed by atoms with Gasteiger partial charge in [0.25, 0.3) is 5.91 Å². The number of aromatic nitrogens is 2. The van der Waals surface area contributed by atoms with E-state index in [2.05, 4.69) is 5.32 Å². The number of benzene rings is 2. The summed E-state index contributed by atoms with van der Waals surface area (Å²) >= 11 is 0. The highest BCUT2D eigenvalue weighted by molar-refractivity contribution is 5.99. The molecule has 0 atom stereocenters. The van der Waals surface area contributed by atoms with E-state index < -0.39 is 0 Å². The van der Waals surface area contributed by atoms with Gasteiger partial charge in [-0.05, 0) is 49.2 Å². The number of halogens is 1. The fourth-order valence-corrected chi connectivity index (χ4v) is 2.97. The van der Waals surface area contributed by atoms with Crippen molar-refractivity contribution < 1.29 is 9.53 Å². The van der Waals surface area contributed by atoms with Gasteiger partial charge >= 0.3 is 0 Å². The van der Waals surface area contributed by atoms with Gasteiger partial charge in [0, 0.05) is 18.3 Å². The van der Waals surface area contributed by atoms with Crippen LogP contribution in [-0.2, 0) is 6.54 Å². The Balaban J connectivity index is 0.00000300. The first-order chi connectivity index (χ1) is 13.7. The van der Waals surface area contributed by atoms with Gasteiger partial charge in [-0.15, -0.1) is 12.4 Å². The van der Waals surface area contributed by atoms with Gasteiger partial charge in [0.15, 0.2) is 0 Å². The fraction of sp³-hybridized carbons (Fsp3) is 0.273. The molecular weight excluding hydrogens is 388 g/mol. The lowest BCUT2D eigenvalue weighted by Crippen LogP contribution is -2.25. The van der Waals surface area contributed by atoms with E-state index in [4.69, 9.17) is 15.6 Å². The molecule has 0 aliphatic heterocycles. The van der Waals surface area contributed by atoms with Crippen molar-refractivity contribution in [1.29, 1.82) is 0 Å². The van der Waals surface area contributed by atoms with Gasteiger partial charge in [0.1, 0.15) is 11.4 Å². The lowest BCUT2D eigenvalue weighted by atomic mass is 10.1. The number of hydrogen-bond acceptors (Lipinski definition) is 4. The number of amides is 1. The molecule has 0 unspecified atom stereocenters. The topological polar surface area (TPSA) is 82.2 Å². The summed E-state index contributed by atoms with van der Waals surface area (Å²) in [6, 6.07) is 17.6. The molecule has 0 aliphatic carbocycles. The van der Waals surface area contributed by atoms with Gasteiger partial charge in [-0.25, -0.2) is 0 Å². The highest BCUT2D eigenvalue weighted by Crippen LogP contribution is 2.25. The molecule has 7 heteroatoms. The molecule has 3 rings (SSSR count). The molecule has 2 aromatic carbocycles. The summed E-state index contributed by atoms with van der Waals surface area (Å²) in [6.07, 6.45) is 3.56. The predicted octanol–water partition coefficient (Wildman–Crippen LogP) is 3.50. The van der Waals surface area contributed by atoms with Crippen LogP contribution in [0.5, 0.6) is 5.75 Å². The van der Waals surface area contributed by atoms with E-state index in [1.54, 1.807) is 7.11 Å². The fourth-order valence-electron chi connectivity index (χ4n) is 2.97. The average Bonchev–Trinajstić information content (AvgIpc) is 3.16. The maximum atomic E-state index is 12.8. The van der Waals surface area contributed by atoms with Crippen LogP contribution in [-0.4, -0.2) is 35.9 Å². The minimum absolute atomic E-state index is 0. The van der Waals surface area contributed by atoms with E-state index >= 15 is 0 Å². The van der Waals surface area contributed by atoms with Crippen molar-refractivity contribution in [2.75, 3.05) is 20.2 Å². The zero-order valence-electron chi connectivity index (χ0n) is 16.5. The Kier molecular flexibility index (Phi) is 8.70. The lowest BCUT2D eigenvalue weighted by Gasteiger charge is -2.06. The van der Waals surface area contributed by atoms with E-state index in [9.17, 15) is 4.79 Å². The molecule has 1 amide bonds. The van der Waals surface area contributed by atoms with Gasteiger partial charge in [-0.3, -0.25) is 9.48 Å². The van der Waals surface area contributed by atoms with Crippen LogP contribution in [0.3, 0.4) is 0 Å². The third-order valence-electron chi connectivity index (χ3n) is 4.47. The van der Waals surface area contributed by atoms with E-state index in [-0.39, 0.29) is 18.3 Å². The standard InChI is InChI=1S/C22H26N4O2.ClH/c1-28-19-11-9-18(10-12-19)21-20(22(27)24-14-6-5-13-23)16-26(25-21)15-17-7-3-2-4-8-17;/h2-4,7-12,16H,5-6,13-15,23H2,1H3,(H,24,27);1H. The largest absolute Gasteiger partial charge is 0.497 e. The Morgan fingerprint density at radius 1 is 1.10 bits per heavy atom. The van der Waals surface area contributed by atoms with Gasteiger partial charge < -0.3 is 15.8 Å². The normalized spacial score (nSPS) is 10.3. The monoisotopic (exact) mass is 414 g/mol. The first-order valence-corrected chi connectivity index (χ1v) is 9.45. The third-order valence-corrected chi connectivity index (χ3v) is 4.47. The van der Waals surface area contributed by atoms with Gasteiger partial charge in [0.05, 0.1) is 19.2 Å². The smallest absolute Gasteiger partial charge is 0.255 e. The molecule has 6 nitrogen and oxygen atoms in total. The second-order valence-electron chi connectivity index (χ2n) is 6.55. The summed E-state index contributed by atoms with van der Waals surface area (Å²) in [7, 11) is 1.63. The van der Waals surface area contributed by atoms with Crippen molar-refractivity contribution in [3.8, 4) is 17.0 Å². The molecule has 3 aromatic rings. The summed E-state index contributed by atoms with van der Waals surface area (Å²) in [6.45, 7) is 1.83. The van der Waals surface area contributed by atoms with Crippen LogP contribution in [0.15, 0.2) is 60.8 Å². The molecule has 0 spiro atoms. The molecule has 29 heavy (non-hydrogen) atoms. The number of rotatable bonds is 9. The molecule has 0 saturated heterocycles. The van der Waals surface area contributed by atoms with Crippen molar-refractivity contribution in [2.45, 2.75) is 19.4 Å². The van der Waals surface area contributed by atoms with Gasteiger partial charge in [-0.2, -0.15) is 5.10 Å². The molecular formula is C22H27ClN4O2. The minimum Gasteiger partial charge on any atom is -0.497 e. The lowest BCUT2D eigenvalue weighted by molar-refractivity contribution is 0.0953. The number of nitrogens with zero attached hydrogens (tertiary/aromatic N) is 2. The Morgan fingerprint density at radius 2 is 1.83 bits per heavy atom. The minimum atomic E-state index is -0.123. The van der Waals surface area contributed by atoms with E-state index in [0.29, 0.717) is 30.9 Å². The van der Waals surface area contributed by atoms with Crippen molar-refractivity contribution in [3.63, 3.8) is 0 Å². The zero-order chi connectivity index (χ0) is 19.8. The summed E-state index contributed by atoms with van der Waals surface area (Å²) in [5.74, 6) is 0.641. The maximum Gasteiger partial charge on any atom is 0.255 e. The molecule has 0 saturated carbocycles. The summed E-state index contributed by atoms with van der Waals surface area (Å²) in [4.78, 5) is 12.8. The number of nitrogens with one attached hydrogen (secondary N) is 1. The van der Waals surface area contributed by atoms with E-state index in [1.807, 2.05) is 65.5 Å². The second-order valence-corrected chi connectivity index (χ2v) is 6.55. The first kappa shape index (κ1) is 22.5. The van der Waals surface area contributed by atoms with Crippen LogP contribution in [0.1, 0.15) is 28.8 Å². The SMILES string of the molecule is COc1ccc(-c2nn(Cc3ccccc3)cc2C(=O)NCCCCN)cc1.Cl. The van der Waals surface area contributed by atoms with Crippen LogP contribution in [0.4, 0.5) is 0 Å². The molecule has 0 fully saturated rings. The van der Waals surface area contributed by atoms with Gasteiger partial charge in [0.2, 0.25) is 0 Å². The Labute approximate surface area is 177 Å². The maximum absolute atomic E-state index is 12.8.